The number of hydrogen-bond donors (Lipinski definition) is 0. The van der Waals surface area contributed by atoms with Crippen molar-refractivity contribution >= 4 is 11.8 Å². The predicted octanol–water partition coefficient (Wildman–Crippen LogP) is 5.14. The van der Waals surface area contributed by atoms with Crippen LogP contribution >= 0.6 is 11.8 Å². The second kappa shape index (κ2) is 7.72. The largest absolute Gasteiger partial charge is 0.497 e. The number of aromatic nitrogens is 3. The Morgan fingerprint density at radius 1 is 1.15 bits per heavy atom. The van der Waals surface area contributed by atoms with Crippen molar-refractivity contribution in [2.75, 3.05) is 7.11 Å². The molecule has 0 aliphatic rings. The quantitative estimate of drug-likeness (QED) is 0.436. The fourth-order valence-electron chi connectivity index (χ4n) is 2.75. The van der Waals surface area contributed by atoms with Gasteiger partial charge in [0.05, 0.1) is 12.8 Å². The van der Waals surface area contributed by atoms with Crippen molar-refractivity contribution in [3.8, 4) is 22.9 Å². The van der Waals surface area contributed by atoms with Crippen LogP contribution in [0.2, 0.25) is 0 Å². The molecule has 4 rings (SSSR count). The van der Waals surface area contributed by atoms with Crippen molar-refractivity contribution in [1.29, 1.82) is 0 Å². The lowest BCUT2D eigenvalue weighted by molar-refractivity contribution is 0.415. The van der Waals surface area contributed by atoms with Crippen molar-refractivity contribution in [2.24, 2.45) is 0 Å². The van der Waals surface area contributed by atoms with Gasteiger partial charge in [-0.3, -0.25) is 4.57 Å². The molecular weight excluding hydrogens is 358 g/mol. The first-order valence-corrected chi connectivity index (χ1v) is 9.53. The van der Waals surface area contributed by atoms with Crippen molar-refractivity contribution in [2.45, 2.75) is 17.8 Å². The lowest BCUT2D eigenvalue weighted by Crippen LogP contribution is -1.95. The number of oxazole rings is 1. The number of nitrogens with zero attached hydrogens (tertiary/aromatic N) is 3. The molecule has 4 aromatic rings. The van der Waals surface area contributed by atoms with Gasteiger partial charge >= 0.3 is 0 Å². The molecule has 0 bridgehead atoms. The Morgan fingerprint density at radius 3 is 2.78 bits per heavy atom. The summed E-state index contributed by atoms with van der Waals surface area (Å²) in [5.41, 5.74) is 4.13. The summed E-state index contributed by atoms with van der Waals surface area (Å²) in [5, 5.41) is 0.926. The zero-order valence-electron chi connectivity index (χ0n) is 15.1. The Balaban J connectivity index is 1.47. The van der Waals surface area contributed by atoms with E-state index in [1.165, 1.54) is 5.56 Å². The minimum atomic E-state index is 0.607. The van der Waals surface area contributed by atoms with Crippen LogP contribution in [0.15, 0.2) is 76.8 Å². The maximum atomic E-state index is 5.63. The van der Waals surface area contributed by atoms with E-state index in [1.54, 1.807) is 25.1 Å². The second-order valence-corrected chi connectivity index (χ2v) is 7.02. The van der Waals surface area contributed by atoms with Gasteiger partial charge in [-0.2, -0.15) is 0 Å². The van der Waals surface area contributed by atoms with E-state index >= 15 is 0 Å². The van der Waals surface area contributed by atoms with E-state index in [2.05, 4.69) is 45.7 Å². The zero-order valence-corrected chi connectivity index (χ0v) is 15.9. The molecule has 0 aliphatic heterocycles. The highest BCUT2D eigenvalue weighted by atomic mass is 32.2. The zero-order chi connectivity index (χ0) is 18.6. The van der Waals surface area contributed by atoms with Gasteiger partial charge in [-0.05, 0) is 48.9 Å². The summed E-state index contributed by atoms with van der Waals surface area (Å²) in [6.45, 7) is 2.09. The average molecular weight is 377 g/mol. The molecule has 0 spiro atoms. The first-order valence-electron chi connectivity index (χ1n) is 8.55. The summed E-state index contributed by atoms with van der Waals surface area (Å²) in [7, 11) is 1.65. The van der Waals surface area contributed by atoms with E-state index in [-0.39, 0.29) is 0 Å². The molecular formula is C21H19N3O2S. The molecule has 0 radical (unpaired) electrons. The molecule has 0 saturated carbocycles. The maximum absolute atomic E-state index is 5.63. The summed E-state index contributed by atoms with van der Waals surface area (Å²) in [4.78, 5) is 9.06. The summed E-state index contributed by atoms with van der Waals surface area (Å²) < 4.78 is 12.9. The molecule has 5 nitrogen and oxygen atoms in total. The SMILES string of the molecule is COc1ccc(-c2nc(CSc3nccn3-c3cccc(C)c3)co2)cc1. The molecule has 2 aromatic carbocycles. The third-order valence-electron chi connectivity index (χ3n) is 4.12. The van der Waals surface area contributed by atoms with Crippen molar-refractivity contribution < 1.29 is 9.15 Å². The monoisotopic (exact) mass is 377 g/mol. The van der Waals surface area contributed by atoms with Gasteiger partial charge in [0.2, 0.25) is 5.89 Å². The number of benzene rings is 2. The van der Waals surface area contributed by atoms with Crippen LogP contribution in [0.3, 0.4) is 0 Å². The number of ether oxygens (including phenoxy) is 1. The fraction of sp³-hybridized carbons (Fsp3) is 0.143. The molecule has 6 heteroatoms. The van der Waals surface area contributed by atoms with E-state index in [4.69, 9.17) is 9.15 Å². The third-order valence-corrected chi connectivity index (χ3v) is 5.12. The minimum Gasteiger partial charge on any atom is -0.497 e. The molecule has 0 saturated heterocycles. The molecule has 27 heavy (non-hydrogen) atoms. The normalized spacial score (nSPS) is 10.9. The van der Waals surface area contributed by atoms with Gasteiger partial charge in [-0.15, -0.1) is 0 Å². The van der Waals surface area contributed by atoms with Gasteiger partial charge in [0.25, 0.3) is 0 Å². The Bertz CT molecular complexity index is 1040. The Morgan fingerprint density at radius 2 is 2.00 bits per heavy atom. The molecule has 0 atom stereocenters. The third kappa shape index (κ3) is 3.90. The van der Waals surface area contributed by atoms with Crippen molar-refractivity contribution in [3.05, 3.63) is 78.4 Å². The van der Waals surface area contributed by atoms with E-state index in [0.717, 1.165) is 27.9 Å². The predicted molar refractivity (Wildman–Crippen MR) is 106 cm³/mol. The fourth-order valence-corrected chi connectivity index (χ4v) is 3.60. The molecule has 136 valence electrons. The van der Waals surface area contributed by atoms with Gasteiger partial charge in [-0.25, -0.2) is 9.97 Å². The second-order valence-electron chi connectivity index (χ2n) is 6.08. The van der Waals surface area contributed by atoms with E-state index in [1.807, 2.05) is 36.7 Å². The van der Waals surface area contributed by atoms with Crippen LogP contribution in [0.5, 0.6) is 5.75 Å². The van der Waals surface area contributed by atoms with Crippen LogP contribution in [-0.4, -0.2) is 21.6 Å². The van der Waals surface area contributed by atoms with Crippen molar-refractivity contribution in [1.82, 2.24) is 14.5 Å². The topological polar surface area (TPSA) is 53.1 Å². The lowest BCUT2D eigenvalue weighted by Gasteiger charge is -2.07. The molecule has 0 fully saturated rings. The van der Waals surface area contributed by atoms with Gasteiger partial charge in [0, 0.05) is 29.4 Å². The standard InChI is InChI=1S/C21H19N3O2S/c1-15-4-3-5-18(12-15)24-11-10-22-21(24)27-14-17-13-26-20(23-17)16-6-8-19(25-2)9-7-16/h3-13H,14H2,1-2H3. The summed E-state index contributed by atoms with van der Waals surface area (Å²) >= 11 is 1.63. The Kier molecular flexibility index (Phi) is 4.98. The highest BCUT2D eigenvalue weighted by molar-refractivity contribution is 7.98. The Hall–Kier alpha value is -2.99. The number of methoxy groups -OCH3 is 1. The van der Waals surface area contributed by atoms with E-state index < -0.39 is 0 Å². The molecule has 0 N–H and O–H groups in total. The van der Waals surface area contributed by atoms with Gasteiger partial charge in [0.1, 0.15) is 12.0 Å². The minimum absolute atomic E-state index is 0.607. The number of thioether (sulfide) groups is 1. The van der Waals surface area contributed by atoms with E-state index in [0.29, 0.717) is 11.6 Å². The first-order chi connectivity index (χ1) is 13.2. The number of hydrogen-bond acceptors (Lipinski definition) is 5. The van der Waals surface area contributed by atoms with Gasteiger partial charge < -0.3 is 9.15 Å². The van der Waals surface area contributed by atoms with Crippen LogP contribution in [0.1, 0.15) is 11.3 Å². The lowest BCUT2D eigenvalue weighted by atomic mass is 10.2. The number of imidazole rings is 1. The maximum Gasteiger partial charge on any atom is 0.226 e. The van der Waals surface area contributed by atoms with Crippen LogP contribution in [0.25, 0.3) is 17.1 Å². The smallest absolute Gasteiger partial charge is 0.226 e. The molecule has 2 heterocycles. The van der Waals surface area contributed by atoms with Crippen LogP contribution in [0, 0.1) is 6.92 Å². The summed E-state index contributed by atoms with van der Waals surface area (Å²) in [5.74, 6) is 2.10. The highest BCUT2D eigenvalue weighted by Crippen LogP contribution is 2.27. The van der Waals surface area contributed by atoms with Crippen LogP contribution in [0.4, 0.5) is 0 Å². The van der Waals surface area contributed by atoms with Crippen molar-refractivity contribution in [3.63, 3.8) is 0 Å². The van der Waals surface area contributed by atoms with Gasteiger partial charge in [-0.1, -0.05) is 23.9 Å². The van der Waals surface area contributed by atoms with E-state index in [9.17, 15) is 0 Å². The highest BCUT2D eigenvalue weighted by Gasteiger charge is 2.10. The molecule has 0 aliphatic carbocycles. The summed E-state index contributed by atoms with van der Waals surface area (Å²) in [6, 6.07) is 16.0. The van der Waals surface area contributed by atoms with Crippen LogP contribution in [-0.2, 0) is 5.75 Å². The summed E-state index contributed by atoms with van der Waals surface area (Å²) in [6.07, 6.45) is 5.49. The molecule has 2 aromatic heterocycles. The average Bonchev–Trinajstić information content (AvgIpc) is 3.36. The van der Waals surface area contributed by atoms with Gasteiger partial charge in [0.15, 0.2) is 5.16 Å². The van der Waals surface area contributed by atoms with Crippen LogP contribution < -0.4 is 4.74 Å². The molecule has 0 unspecified atom stereocenters. The Labute approximate surface area is 162 Å². The number of rotatable bonds is 6. The number of aryl methyl sites for hydroxylation is 1. The molecule has 0 amide bonds. The first kappa shape index (κ1) is 17.4.